The number of hydrogen-bond acceptors (Lipinski definition) is 5. The Morgan fingerprint density at radius 2 is 1.87 bits per heavy atom. The Bertz CT molecular complexity index is 1390. The zero-order valence-corrected chi connectivity index (χ0v) is 18.5. The molecule has 4 aromatic rings. The van der Waals surface area contributed by atoms with Gasteiger partial charge in [0.25, 0.3) is 5.56 Å². The minimum absolute atomic E-state index is 0.323. The lowest BCUT2D eigenvalue weighted by Gasteiger charge is -2.12. The lowest BCUT2D eigenvalue weighted by molar-refractivity contribution is 0.401. The third-order valence-corrected chi connectivity index (χ3v) is 5.64. The van der Waals surface area contributed by atoms with E-state index < -0.39 is 0 Å². The van der Waals surface area contributed by atoms with Gasteiger partial charge in [0.05, 0.1) is 19.9 Å². The molecule has 9 heteroatoms. The first-order valence-electron chi connectivity index (χ1n) is 10.3. The van der Waals surface area contributed by atoms with Crippen molar-refractivity contribution in [3.63, 3.8) is 0 Å². The minimum Gasteiger partial charge on any atom is -0.497 e. The third kappa shape index (κ3) is 3.20. The Morgan fingerprint density at radius 3 is 2.55 bits per heavy atom. The summed E-state index contributed by atoms with van der Waals surface area (Å²) >= 11 is 0. The first-order valence-corrected chi connectivity index (χ1v) is 10.3. The van der Waals surface area contributed by atoms with Crippen molar-refractivity contribution in [3.8, 4) is 17.2 Å². The lowest BCUT2D eigenvalue weighted by atomic mass is 10.2. The average molecular weight is 425 g/mol. The summed E-state index contributed by atoms with van der Waals surface area (Å²) < 4.78 is 17.3. The monoisotopic (exact) mass is 425 g/mol. The fourth-order valence-electron chi connectivity index (χ4n) is 4.00. The van der Waals surface area contributed by atoms with Gasteiger partial charge in [-0.1, -0.05) is 19.8 Å². The predicted molar refractivity (Wildman–Crippen MR) is 119 cm³/mol. The van der Waals surface area contributed by atoms with Crippen LogP contribution < -0.4 is 20.7 Å². The molecule has 4 rings (SSSR count). The second-order valence-electron chi connectivity index (χ2n) is 7.60. The third-order valence-electron chi connectivity index (χ3n) is 5.64. The number of ether oxygens (including phenoxy) is 2. The van der Waals surface area contributed by atoms with Gasteiger partial charge in [-0.15, -0.1) is 0 Å². The van der Waals surface area contributed by atoms with Crippen molar-refractivity contribution in [2.24, 2.45) is 7.05 Å². The molecule has 0 fully saturated rings. The van der Waals surface area contributed by atoms with E-state index in [2.05, 4.69) is 11.9 Å². The Kier molecular flexibility index (Phi) is 5.34. The number of fused-ring (bicyclic) bond motifs is 3. The molecule has 164 valence electrons. The van der Waals surface area contributed by atoms with Crippen molar-refractivity contribution in [3.05, 3.63) is 50.9 Å². The van der Waals surface area contributed by atoms with E-state index in [1.807, 2.05) is 35.9 Å². The summed E-state index contributed by atoms with van der Waals surface area (Å²) in [4.78, 5) is 30.8. The lowest BCUT2D eigenvalue weighted by Crippen LogP contribution is -2.39. The van der Waals surface area contributed by atoms with Gasteiger partial charge in [0.2, 0.25) is 5.78 Å². The standard InChI is InChI=1S/C22H27N5O4/c1-6-7-8-11-25-20(28)18-19(24(3)22(25)29)23-21-26(18)13-14(2)27(21)16-12-15(30-4)9-10-17(16)31-5/h9-10,12-13H,6-8,11H2,1-5H3. The molecule has 0 saturated heterocycles. The van der Waals surface area contributed by atoms with Crippen molar-refractivity contribution >= 4 is 16.9 Å². The number of aromatic nitrogens is 5. The van der Waals surface area contributed by atoms with Gasteiger partial charge < -0.3 is 9.47 Å². The molecule has 31 heavy (non-hydrogen) atoms. The van der Waals surface area contributed by atoms with E-state index in [1.54, 1.807) is 25.7 Å². The Morgan fingerprint density at radius 1 is 1.10 bits per heavy atom. The highest BCUT2D eigenvalue weighted by molar-refractivity contribution is 5.77. The summed E-state index contributed by atoms with van der Waals surface area (Å²) in [5, 5.41) is 0. The molecule has 0 bridgehead atoms. The van der Waals surface area contributed by atoms with Gasteiger partial charge >= 0.3 is 5.69 Å². The molecule has 0 aliphatic heterocycles. The normalized spacial score (nSPS) is 11.5. The number of methoxy groups -OCH3 is 2. The Labute approximate surface area is 179 Å². The van der Waals surface area contributed by atoms with Gasteiger partial charge in [-0.2, -0.15) is 4.98 Å². The fraction of sp³-hybridized carbons (Fsp3) is 0.409. The Hall–Kier alpha value is -3.49. The van der Waals surface area contributed by atoms with Gasteiger partial charge in [-0.05, 0) is 25.5 Å². The Balaban J connectivity index is 2.03. The van der Waals surface area contributed by atoms with Gasteiger partial charge in [0, 0.05) is 31.5 Å². The van der Waals surface area contributed by atoms with Crippen LogP contribution in [0.2, 0.25) is 0 Å². The van der Waals surface area contributed by atoms with Crippen LogP contribution in [0.5, 0.6) is 11.5 Å². The molecule has 0 saturated carbocycles. The van der Waals surface area contributed by atoms with Crippen LogP contribution in [0.15, 0.2) is 34.0 Å². The van der Waals surface area contributed by atoms with E-state index in [1.165, 1.54) is 9.13 Å². The van der Waals surface area contributed by atoms with E-state index in [-0.39, 0.29) is 11.2 Å². The van der Waals surface area contributed by atoms with E-state index in [9.17, 15) is 9.59 Å². The van der Waals surface area contributed by atoms with E-state index in [0.717, 1.165) is 30.6 Å². The molecular formula is C22H27N5O4. The molecule has 3 heterocycles. The second kappa shape index (κ2) is 7.98. The van der Waals surface area contributed by atoms with Crippen LogP contribution >= 0.6 is 0 Å². The van der Waals surface area contributed by atoms with Crippen LogP contribution in [0.1, 0.15) is 31.9 Å². The summed E-state index contributed by atoms with van der Waals surface area (Å²) in [6.45, 7) is 4.41. The van der Waals surface area contributed by atoms with Crippen molar-refractivity contribution in [1.82, 2.24) is 23.1 Å². The average Bonchev–Trinajstić information content (AvgIpc) is 3.28. The number of imidazole rings is 2. The second-order valence-corrected chi connectivity index (χ2v) is 7.60. The van der Waals surface area contributed by atoms with Crippen LogP contribution in [0.25, 0.3) is 22.6 Å². The zero-order valence-electron chi connectivity index (χ0n) is 18.5. The predicted octanol–water partition coefficient (Wildman–Crippen LogP) is 2.65. The first kappa shape index (κ1) is 20.8. The van der Waals surface area contributed by atoms with E-state index >= 15 is 0 Å². The molecule has 0 N–H and O–H groups in total. The summed E-state index contributed by atoms with van der Waals surface area (Å²) in [5.74, 6) is 1.83. The fourth-order valence-corrected chi connectivity index (χ4v) is 4.00. The summed E-state index contributed by atoms with van der Waals surface area (Å²) in [5.41, 5.74) is 1.66. The smallest absolute Gasteiger partial charge is 0.332 e. The molecule has 1 aromatic carbocycles. The van der Waals surface area contributed by atoms with E-state index in [4.69, 9.17) is 9.47 Å². The maximum atomic E-state index is 13.3. The number of aryl methyl sites for hydroxylation is 2. The van der Waals surface area contributed by atoms with Crippen LogP contribution in [0.3, 0.4) is 0 Å². The SMILES string of the molecule is CCCCCn1c(=O)c2c(nc3n(-c4cc(OC)ccc4OC)c(C)cn23)n(C)c1=O. The summed E-state index contributed by atoms with van der Waals surface area (Å²) in [6, 6.07) is 5.50. The van der Waals surface area contributed by atoms with Crippen LogP contribution in [-0.4, -0.2) is 37.3 Å². The molecule has 0 unspecified atom stereocenters. The van der Waals surface area contributed by atoms with Crippen LogP contribution in [0.4, 0.5) is 0 Å². The molecule has 0 aliphatic carbocycles. The molecule has 0 amide bonds. The minimum atomic E-state index is -0.350. The molecule has 0 spiro atoms. The highest BCUT2D eigenvalue weighted by atomic mass is 16.5. The van der Waals surface area contributed by atoms with Crippen molar-refractivity contribution in [2.75, 3.05) is 14.2 Å². The number of unbranched alkanes of at least 4 members (excludes halogenated alkanes) is 2. The molecule has 0 aliphatic rings. The highest BCUT2D eigenvalue weighted by Gasteiger charge is 2.22. The van der Waals surface area contributed by atoms with Crippen molar-refractivity contribution in [2.45, 2.75) is 39.7 Å². The number of nitrogens with zero attached hydrogens (tertiary/aromatic N) is 5. The topological polar surface area (TPSA) is 84.7 Å². The molecule has 3 aromatic heterocycles. The van der Waals surface area contributed by atoms with Crippen LogP contribution in [-0.2, 0) is 13.6 Å². The quantitative estimate of drug-likeness (QED) is 0.425. The van der Waals surface area contributed by atoms with E-state index in [0.29, 0.717) is 35.0 Å². The highest BCUT2D eigenvalue weighted by Crippen LogP contribution is 2.31. The summed E-state index contributed by atoms with van der Waals surface area (Å²) in [6.07, 6.45) is 4.60. The van der Waals surface area contributed by atoms with Gasteiger partial charge in [-0.25, -0.2) is 4.79 Å². The molecule has 0 atom stereocenters. The van der Waals surface area contributed by atoms with Crippen molar-refractivity contribution in [1.29, 1.82) is 0 Å². The summed E-state index contributed by atoms with van der Waals surface area (Å²) in [7, 11) is 4.85. The number of benzene rings is 1. The van der Waals surface area contributed by atoms with Gasteiger partial charge in [0.1, 0.15) is 11.5 Å². The van der Waals surface area contributed by atoms with Crippen LogP contribution in [0, 0.1) is 6.92 Å². The number of hydrogen-bond donors (Lipinski definition) is 0. The largest absolute Gasteiger partial charge is 0.497 e. The van der Waals surface area contributed by atoms with Crippen molar-refractivity contribution < 1.29 is 9.47 Å². The maximum Gasteiger partial charge on any atom is 0.332 e. The zero-order chi connectivity index (χ0) is 22.3. The first-order chi connectivity index (χ1) is 14.9. The molecule has 9 nitrogen and oxygen atoms in total. The molecule has 0 radical (unpaired) electrons. The number of rotatable bonds is 7. The van der Waals surface area contributed by atoms with Gasteiger partial charge in [0.15, 0.2) is 11.2 Å². The van der Waals surface area contributed by atoms with Gasteiger partial charge in [-0.3, -0.25) is 22.9 Å². The molecular weight excluding hydrogens is 398 g/mol. The maximum absolute atomic E-state index is 13.3.